The summed E-state index contributed by atoms with van der Waals surface area (Å²) >= 11 is 0. The van der Waals surface area contributed by atoms with E-state index in [1.54, 1.807) is 0 Å². The maximum Gasteiger partial charge on any atom is 0.342 e. The third kappa shape index (κ3) is 2.62. The Kier molecular flexibility index (Phi) is 3.33. The Labute approximate surface area is 108 Å². The van der Waals surface area contributed by atoms with E-state index >= 15 is 0 Å². The van der Waals surface area contributed by atoms with Crippen LogP contribution in [0.25, 0.3) is 0 Å². The van der Waals surface area contributed by atoms with Gasteiger partial charge in [0, 0.05) is 6.20 Å². The summed E-state index contributed by atoms with van der Waals surface area (Å²) < 4.78 is 1.17. The number of aromatic nitrogens is 2. The Morgan fingerprint density at radius 2 is 2.00 bits per heavy atom. The molecule has 0 radical (unpaired) electrons. The quantitative estimate of drug-likeness (QED) is 0.844. The first kappa shape index (κ1) is 12.8. The van der Waals surface area contributed by atoms with Crippen molar-refractivity contribution in [1.29, 1.82) is 0 Å². The van der Waals surface area contributed by atoms with Crippen molar-refractivity contribution >= 4 is 5.97 Å². The number of hydrogen-bond acceptors (Lipinski definition) is 3. The summed E-state index contributed by atoms with van der Waals surface area (Å²) in [5.74, 6) is -1.36. The van der Waals surface area contributed by atoms with Gasteiger partial charge in [-0.1, -0.05) is 24.3 Å². The minimum absolute atomic E-state index is 0.211. The Morgan fingerprint density at radius 1 is 1.32 bits per heavy atom. The van der Waals surface area contributed by atoms with Crippen molar-refractivity contribution in [2.75, 3.05) is 0 Å². The van der Waals surface area contributed by atoms with E-state index in [4.69, 9.17) is 5.11 Å². The standard InChI is InChI=1S/C13H12N2O4/c1-8-4-2-3-5-9(8)6-15-7-10(12(17)18)11(16)14-13(15)19/h2-5,7H,6H2,1H3,(H,17,18)(H,14,16,19). The normalized spacial score (nSPS) is 10.4. The third-order valence-corrected chi connectivity index (χ3v) is 2.84. The summed E-state index contributed by atoms with van der Waals surface area (Å²) in [6.07, 6.45) is 1.07. The Balaban J connectivity index is 2.49. The van der Waals surface area contributed by atoms with Crippen LogP contribution in [0.2, 0.25) is 0 Å². The number of aryl methyl sites for hydroxylation is 1. The Bertz CT molecular complexity index is 743. The molecule has 19 heavy (non-hydrogen) atoms. The number of rotatable bonds is 3. The van der Waals surface area contributed by atoms with Gasteiger partial charge in [0.2, 0.25) is 0 Å². The van der Waals surface area contributed by atoms with Gasteiger partial charge in [0.05, 0.1) is 6.54 Å². The van der Waals surface area contributed by atoms with E-state index in [0.717, 1.165) is 17.3 Å². The van der Waals surface area contributed by atoms with Crippen molar-refractivity contribution < 1.29 is 9.90 Å². The van der Waals surface area contributed by atoms with Crippen LogP contribution in [0.15, 0.2) is 40.1 Å². The number of H-pyrrole nitrogens is 1. The minimum atomic E-state index is -1.36. The molecule has 6 heteroatoms. The van der Waals surface area contributed by atoms with Crippen LogP contribution in [-0.4, -0.2) is 20.6 Å². The Morgan fingerprint density at radius 3 is 2.63 bits per heavy atom. The topological polar surface area (TPSA) is 92.2 Å². The summed E-state index contributed by atoms with van der Waals surface area (Å²) in [4.78, 5) is 35.8. The first-order valence-corrected chi connectivity index (χ1v) is 5.60. The zero-order chi connectivity index (χ0) is 14.0. The molecule has 0 spiro atoms. The van der Waals surface area contributed by atoms with Crippen LogP contribution in [0.5, 0.6) is 0 Å². The van der Waals surface area contributed by atoms with E-state index in [0.29, 0.717) is 0 Å². The van der Waals surface area contributed by atoms with Gasteiger partial charge in [-0.25, -0.2) is 9.59 Å². The van der Waals surface area contributed by atoms with Crippen LogP contribution >= 0.6 is 0 Å². The number of carboxylic acid groups (broad SMARTS) is 1. The van der Waals surface area contributed by atoms with Crippen molar-refractivity contribution in [3.63, 3.8) is 0 Å². The van der Waals surface area contributed by atoms with E-state index in [-0.39, 0.29) is 6.54 Å². The lowest BCUT2D eigenvalue weighted by Gasteiger charge is -2.08. The highest BCUT2D eigenvalue weighted by Gasteiger charge is 2.11. The summed E-state index contributed by atoms with van der Waals surface area (Å²) in [7, 11) is 0. The monoisotopic (exact) mass is 260 g/mol. The first-order valence-electron chi connectivity index (χ1n) is 5.60. The number of nitrogens with one attached hydrogen (secondary N) is 1. The lowest BCUT2D eigenvalue weighted by molar-refractivity contribution is 0.0693. The molecule has 1 aromatic carbocycles. The summed E-state index contributed by atoms with van der Waals surface area (Å²) in [5, 5.41) is 8.87. The maximum atomic E-state index is 11.6. The highest BCUT2D eigenvalue weighted by molar-refractivity contribution is 5.86. The molecule has 2 aromatic rings. The fourth-order valence-corrected chi connectivity index (χ4v) is 1.75. The fraction of sp³-hybridized carbons (Fsp3) is 0.154. The van der Waals surface area contributed by atoms with Crippen LogP contribution < -0.4 is 11.2 Å². The molecule has 6 nitrogen and oxygen atoms in total. The second-order valence-electron chi connectivity index (χ2n) is 4.16. The SMILES string of the molecule is Cc1ccccc1Cn1cc(C(=O)O)c(=O)[nH]c1=O. The van der Waals surface area contributed by atoms with Gasteiger partial charge in [0.25, 0.3) is 5.56 Å². The van der Waals surface area contributed by atoms with Crippen molar-refractivity contribution in [3.8, 4) is 0 Å². The van der Waals surface area contributed by atoms with Crippen molar-refractivity contribution in [1.82, 2.24) is 9.55 Å². The molecule has 0 unspecified atom stereocenters. The molecule has 1 heterocycles. The second-order valence-corrected chi connectivity index (χ2v) is 4.16. The number of benzene rings is 1. The van der Waals surface area contributed by atoms with Gasteiger partial charge in [-0.15, -0.1) is 0 Å². The number of carboxylic acids is 1. The van der Waals surface area contributed by atoms with Gasteiger partial charge < -0.3 is 5.11 Å². The zero-order valence-electron chi connectivity index (χ0n) is 10.2. The molecule has 2 rings (SSSR count). The molecule has 0 atom stereocenters. The highest BCUT2D eigenvalue weighted by Crippen LogP contribution is 2.07. The third-order valence-electron chi connectivity index (χ3n) is 2.84. The molecule has 0 saturated carbocycles. The van der Waals surface area contributed by atoms with Crippen LogP contribution in [0.3, 0.4) is 0 Å². The van der Waals surface area contributed by atoms with E-state index in [2.05, 4.69) is 0 Å². The molecule has 0 aliphatic carbocycles. The smallest absolute Gasteiger partial charge is 0.342 e. The predicted molar refractivity (Wildman–Crippen MR) is 68.6 cm³/mol. The number of aromatic carboxylic acids is 1. The van der Waals surface area contributed by atoms with Crippen molar-refractivity contribution in [3.05, 3.63) is 68.0 Å². The van der Waals surface area contributed by atoms with Crippen LogP contribution in [0.4, 0.5) is 0 Å². The first-order chi connectivity index (χ1) is 8.99. The molecule has 0 fully saturated rings. The highest BCUT2D eigenvalue weighted by atomic mass is 16.4. The second kappa shape index (κ2) is 4.93. The summed E-state index contributed by atoms with van der Waals surface area (Å²) in [5.41, 5.74) is -0.101. The number of nitrogens with zero attached hydrogens (tertiary/aromatic N) is 1. The van der Waals surface area contributed by atoms with Crippen molar-refractivity contribution in [2.24, 2.45) is 0 Å². The van der Waals surface area contributed by atoms with E-state index in [1.165, 1.54) is 4.57 Å². The lowest BCUT2D eigenvalue weighted by atomic mass is 10.1. The van der Waals surface area contributed by atoms with Gasteiger partial charge >= 0.3 is 11.7 Å². The largest absolute Gasteiger partial charge is 0.477 e. The minimum Gasteiger partial charge on any atom is -0.477 e. The Hall–Kier alpha value is -2.63. The van der Waals surface area contributed by atoms with Gasteiger partial charge in [0.15, 0.2) is 0 Å². The molecule has 0 bridgehead atoms. The van der Waals surface area contributed by atoms with Gasteiger partial charge in [-0.3, -0.25) is 14.3 Å². The number of hydrogen-bond donors (Lipinski definition) is 2. The summed E-state index contributed by atoms with van der Waals surface area (Å²) in [6, 6.07) is 7.44. The van der Waals surface area contributed by atoms with Gasteiger partial charge in [0.1, 0.15) is 5.56 Å². The van der Waals surface area contributed by atoms with Crippen LogP contribution in [0, 0.1) is 6.92 Å². The average molecular weight is 260 g/mol. The van der Waals surface area contributed by atoms with E-state index in [1.807, 2.05) is 36.2 Å². The van der Waals surface area contributed by atoms with Gasteiger partial charge in [-0.05, 0) is 18.1 Å². The maximum absolute atomic E-state index is 11.6. The van der Waals surface area contributed by atoms with E-state index < -0.39 is 22.8 Å². The molecular formula is C13H12N2O4. The molecule has 0 amide bonds. The van der Waals surface area contributed by atoms with Gasteiger partial charge in [-0.2, -0.15) is 0 Å². The van der Waals surface area contributed by atoms with Crippen molar-refractivity contribution in [2.45, 2.75) is 13.5 Å². The number of aromatic amines is 1. The van der Waals surface area contributed by atoms with E-state index in [9.17, 15) is 14.4 Å². The zero-order valence-corrected chi connectivity index (χ0v) is 10.2. The predicted octanol–water partition coefficient (Wildman–Crippen LogP) is 0.592. The fourth-order valence-electron chi connectivity index (χ4n) is 1.75. The molecule has 1 aromatic heterocycles. The number of carbonyl (C=O) groups is 1. The molecule has 98 valence electrons. The molecule has 0 aliphatic heterocycles. The molecule has 2 N–H and O–H groups in total. The summed E-state index contributed by atoms with van der Waals surface area (Å²) in [6.45, 7) is 2.10. The van der Waals surface area contributed by atoms with Crippen LogP contribution in [0.1, 0.15) is 21.5 Å². The molecular weight excluding hydrogens is 248 g/mol. The average Bonchev–Trinajstić information content (AvgIpc) is 2.34. The molecule has 0 saturated heterocycles. The van der Waals surface area contributed by atoms with Crippen LogP contribution in [-0.2, 0) is 6.54 Å². The molecule has 0 aliphatic rings. The lowest BCUT2D eigenvalue weighted by Crippen LogP contribution is -2.33.